The first-order valence-electron chi connectivity index (χ1n) is 20.7. The number of amides is 3. The number of fused-ring (bicyclic) bond motifs is 1. The number of rotatable bonds is 10. The molecule has 3 aromatic carbocycles. The summed E-state index contributed by atoms with van der Waals surface area (Å²) in [5.41, 5.74) is 11.9. The number of nitrogens with one attached hydrogen (secondary N) is 1. The highest BCUT2D eigenvalue weighted by atomic mass is 16.6. The predicted octanol–water partition coefficient (Wildman–Crippen LogP) is 7.53. The van der Waals surface area contributed by atoms with Crippen molar-refractivity contribution in [1.82, 2.24) is 14.8 Å². The van der Waals surface area contributed by atoms with Crippen molar-refractivity contribution in [1.29, 1.82) is 0 Å². The van der Waals surface area contributed by atoms with E-state index in [-0.39, 0.29) is 23.8 Å². The van der Waals surface area contributed by atoms with Crippen LogP contribution in [0.1, 0.15) is 108 Å². The molecular weight excluding hydrogens is 729 g/mol. The quantitative estimate of drug-likeness (QED) is 0.158. The van der Waals surface area contributed by atoms with Crippen LogP contribution in [0.3, 0.4) is 0 Å². The van der Waals surface area contributed by atoms with E-state index in [1.165, 1.54) is 38.3 Å². The van der Waals surface area contributed by atoms with E-state index in [2.05, 4.69) is 44.4 Å². The van der Waals surface area contributed by atoms with Crippen LogP contribution in [-0.4, -0.2) is 89.9 Å². The molecule has 1 unspecified atom stereocenters. The largest absolute Gasteiger partial charge is 0.459 e. The summed E-state index contributed by atoms with van der Waals surface area (Å²) in [6, 6.07) is 24.1. The number of primary amides is 1. The molecule has 3 aliphatic rings. The number of likely N-dealkylation sites (tertiary alicyclic amines) is 1. The first-order chi connectivity index (χ1) is 27.9. The molecule has 0 spiro atoms. The molecule has 0 saturated carbocycles. The molecule has 1 atom stereocenters. The van der Waals surface area contributed by atoms with Crippen LogP contribution >= 0.6 is 0 Å². The van der Waals surface area contributed by atoms with Crippen LogP contribution in [0.5, 0.6) is 0 Å². The van der Waals surface area contributed by atoms with E-state index >= 15 is 0 Å². The third kappa shape index (κ3) is 11.1. The second kappa shape index (κ2) is 19.3. The van der Waals surface area contributed by atoms with Crippen molar-refractivity contribution < 1.29 is 23.9 Å². The Kier molecular flexibility index (Phi) is 14.0. The van der Waals surface area contributed by atoms with E-state index in [1.54, 1.807) is 59.5 Å². The number of nitrogens with zero attached hydrogens (tertiary/aromatic N) is 4. The zero-order valence-electron chi connectivity index (χ0n) is 34.5. The minimum absolute atomic E-state index is 0.225. The van der Waals surface area contributed by atoms with Gasteiger partial charge in [-0.3, -0.25) is 29.1 Å². The van der Waals surface area contributed by atoms with Gasteiger partial charge in [0.1, 0.15) is 11.6 Å². The maximum Gasteiger partial charge on any atom is 0.323 e. The summed E-state index contributed by atoms with van der Waals surface area (Å²) in [7, 11) is 1.72. The van der Waals surface area contributed by atoms with E-state index < -0.39 is 11.5 Å². The molecule has 1 aromatic heterocycles. The molecule has 3 heterocycles. The van der Waals surface area contributed by atoms with Gasteiger partial charge in [-0.15, -0.1) is 0 Å². The molecule has 7 rings (SSSR count). The van der Waals surface area contributed by atoms with Crippen LogP contribution in [0.2, 0.25) is 0 Å². The van der Waals surface area contributed by atoms with Crippen LogP contribution in [-0.2, 0) is 22.4 Å². The third-order valence-corrected chi connectivity index (χ3v) is 11.0. The minimum Gasteiger partial charge on any atom is -0.459 e. The Morgan fingerprint density at radius 3 is 2.21 bits per heavy atom. The molecule has 0 radical (unpaired) electrons. The van der Waals surface area contributed by atoms with Crippen LogP contribution in [0.15, 0.2) is 85.1 Å². The van der Waals surface area contributed by atoms with Gasteiger partial charge < -0.3 is 25.6 Å². The van der Waals surface area contributed by atoms with E-state index in [4.69, 9.17) is 10.5 Å². The van der Waals surface area contributed by atoms with Crippen LogP contribution < -0.4 is 16.0 Å². The van der Waals surface area contributed by atoms with Crippen LogP contribution in [0, 0.1) is 0 Å². The second-order valence-electron chi connectivity index (χ2n) is 16.5. The normalized spacial score (nSPS) is 16.7. The Labute approximate surface area is 342 Å². The highest BCUT2D eigenvalue weighted by Crippen LogP contribution is 2.33. The maximum absolute atomic E-state index is 13.6. The van der Waals surface area contributed by atoms with Gasteiger partial charge in [0.2, 0.25) is 5.91 Å². The number of anilines is 2. The number of pyridine rings is 1. The zero-order chi connectivity index (χ0) is 41.2. The summed E-state index contributed by atoms with van der Waals surface area (Å²) in [5.74, 6) is -1.40. The van der Waals surface area contributed by atoms with Crippen molar-refractivity contribution in [2.24, 2.45) is 5.73 Å². The summed E-state index contributed by atoms with van der Waals surface area (Å²) in [4.78, 5) is 62.2. The summed E-state index contributed by atoms with van der Waals surface area (Å²) in [6.45, 7) is 9.18. The molecule has 2 aliphatic heterocycles. The molecule has 11 nitrogen and oxygen atoms in total. The van der Waals surface area contributed by atoms with Crippen molar-refractivity contribution in [3.63, 3.8) is 0 Å². The lowest BCUT2D eigenvalue weighted by Gasteiger charge is -2.29. The SMILES string of the molecule is CN(CCN1CCCC1C(=O)OC(C)(C)C)C(=O)c1cccc(C(=O)Nc2ccc(N3CCCCC3)cc2-c2cc(C(N)=O)ccn2)c1.c1ccc2c(c1)CCCC2. The highest BCUT2D eigenvalue weighted by Gasteiger charge is 2.34. The van der Waals surface area contributed by atoms with Crippen molar-refractivity contribution in [3.8, 4) is 11.3 Å². The van der Waals surface area contributed by atoms with Gasteiger partial charge in [0.15, 0.2) is 0 Å². The number of carbonyl (C=O) groups is 4. The maximum atomic E-state index is 13.6. The number of carbonyl (C=O) groups excluding carboxylic acids is 4. The standard InChI is InChI=1S/C37H46N6O5.C10H12/c1-37(2,3)48-36(47)32-12-9-19-43(32)21-20-41(4)35(46)27-11-8-10-26(22-27)34(45)40-30-14-13-28(42-17-6-5-7-18-42)24-29(30)31-23-25(33(38)44)15-16-39-31;1-2-6-10-8-4-3-7-9(10)5-1/h8,10-11,13-16,22-24,32H,5-7,9,12,17-21H2,1-4H3,(H2,38,44)(H,40,45);1-2,5-6H,3-4,7-8H2. The van der Waals surface area contributed by atoms with Crippen LogP contribution in [0.4, 0.5) is 11.4 Å². The number of hydrogen-bond donors (Lipinski definition) is 2. The summed E-state index contributed by atoms with van der Waals surface area (Å²) < 4.78 is 5.61. The van der Waals surface area contributed by atoms with Gasteiger partial charge in [-0.05, 0) is 145 Å². The highest BCUT2D eigenvalue weighted by molar-refractivity contribution is 6.08. The lowest BCUT2D eigenvalue weighted by Crippen LogP contribution is -2.44. The van der Waals surface area contributed by atoms with E-state index in [0.29, 0.717) is 46.7 Å². The molecule has 3 amide bonds. The first-order valence-corrected chi connectivity index (χ1v) is 20.7. The summed E-state index contributed by atoms with van der Waals surface area (Å²) in [6.07, 6.45) is 12.0. The number of nitrogens with two attached hydrogens (primary N) is 1. The van der Waals surface area contributed by atoms with Gasteiger partial charge in [-0.2, -0.15) is 0 Å². The van der Waals surface area contributed by atoms with Gasteiger partial charge >= 0.3 is 5.97 Å². The lowest BCUT2D eigenvalue weighted by atomic mass is 9.92. The minimum atomic E-state index is -0.564. The van der Waals surface area contributed by atoms with Gasteiger partial charge in [0, 0.05) is 67.4 Å². The van der Waals surface area contributed by atoms with Crippen molar-refractivity contribution in [3.05, 3.63) is 113 Å². The number of likely N-dealkylation sites (N-methyl/N-ethyl adjacent to an activating group) is 1. The summed E-state index contributed by atoms with van der Waals surface area (Å²) >= 11 is 0. The molecule has 306 valence electrons. The molecule has 2 fully saturated rings. The van der Waals surface area contributed by atoms with E-state index in [0.717, 1.165) is 51.0 Å². The molecule has 1 aliphatic carbocycles. The Balaban J connectivity index is 0.000000489. The molecule has 0 bridgehead atoms. The smallest absolute Gasteiger partial charge is 0.323 e. The number of hydrogen-bond acceptors (Lipinski definition) is 8. The fourth-order valence-corrected chi connectivity index (χ4v) is 7.93. The third-order valence-electron chi connectivity index (χ3n) is 11.0. The number of ether oxygens (including phenoxy) is 1. The zero-order valence-corrected chi connectivity index (χ0v) is 34.5. The lowest BCUT2D eigenvalue weighted by molar-refractivity contribution is -0.160. The number of esters is 1. The molecule has 58 heavy (non-hydrogen) atoms. The van der Waals surface area contributed by atoms with Gasteiger partial charge in [-0.25, -0.2) is 0 Å². The number of benzene rings is 3. The molecular formula is C47H58N6O5. The topological polar surface area (TPSA) is 138 Å². The number of piperidine rings is 1. The van der Waals surface area contributed by atoms with Crippen molar-refractivity contribution in [2.75, 3.05) is 50.0 Å². The Hall–Kier alpha value is -5.55. The molecule has 11 heteroatoms. The fraction of sp³-hybridized carbons (Fsp3) is 0.426. The Bertz CT molecular complexity index is 2060. The number of aromatic nitrogens is 1. The molecule has 2 saturated heterocycles. The summed E-state index contributed by atoms with van der Waals surface area (Å²) in [5, 5.41) is 3.00. The van der Waals surface area contributed by atoms with Crippen molar-refractivity contribution in [2.45, 2.75) is 90.2 Å². The predicted molar refractivity (Wildman–Crippen MR) is 229 cm³/mol. The average molecular weight is 787 g/mol. The van der Waals surface area contributed by atoms with Crippen molar-refractivity contribution >= 4 is 35.1 Å². The average Bonchev–Trinajstić information content (AvgIpc) is 3.72. The first kappa shape index (κ1) is 42.1. The van der Waals surface area contributed by atoms with Gasteiger partial charge in [0.05, 0.1) is 11.4 Å². The van der Waals surface area contributed by atoms with Gasteiger partial charge in [-0.1, -0.05) is 30.3 Å². The van der Waals surface area contributed by atoms with Gasteiger partial charge in [0.25, 0.3) is 11.8 Å². The molecule has 4 aromatic rings. The van der Waals surface area contributed by atoms with Crippen LogP contribution in [0.25, 0.3) is 11.3 Å². The van der Waals surface area contributed by atoms with E-state index in [9.17, 15) is 19.2 Å². The number of aryl methyl sites for hydroxylation is 2. The monoisotopic (exact) mass is 786 g/mol. The Morgan fingerprint density at radius 1 is 0.810 bits per heavy atom. The fourth-order valence-electron chi connectivity index (χ4n) is 7.93. The molecule has 3 N–H and O–H groups in total. The van der Waals surface area contributed by atoms with E-state index in [1.807, 2.05) is 39.0 Å². The Morgan fingerprint density at radius 2 is 1.52 bits per heavy atom. The second-order valence-corrected chi connectivity index (χ2v) is 16.5.